The molecule has 0 spiro atoms. The van der Waals surface area contributed by atoms with Gasteiger partial charge in [0.15, 0.2) is 0 Å². The van der Waals surface area contributed by atoms with Crippen molar-refractivity contribution in [3.63, 3.8) is 0 Å². The number of hydrogen-bond acceptors (Lipinski definition) is 4. The van der Waals surface area contributed by atoms with E-state index in [1.54, 1.807) is 13.8 Å². The van der Waals surface area contributed by atoms with Crippen LogP contribution in [0.2, 0.25) is 0 Å². The highest BCUT2D eigenvalue weighted by atomic mass is 16.5. The van der Waals surface area contributed by atoms with E-state index in [2.05, 4.69) is 36.3 Å². The van der Waals surface area contributed by atoms with Crippen molar-refractivity contribution in [2.45, 2.75) is 40.0 Å². The number of nitrogens with one attached hydrogen (secondary N) is 2. The first-order valence-electron chi connectivity index (χ1n) is 9.61. The van der Waals surface area contributed by atoms with Crippen LogP contribution >= 0.6 is 0 Å². The fourth-order valence-corrected chi connectivity index (χ4v) is 2.82. The molecule has 2 N–H and O–H groups in total. The first-order valence-corrected chi connectivity index (χ1v) is 9.61. The van der Waals surface area contributed by atoms with Crippen molar-refractivity contribution in [3.05, 3.63) is 29.8 Å². The van der Waals surface area contributed by atoms with Gasteiger partial charge in [-0.25, -0.2) is 0 Å². The van der Waals surface area contributed by atoms with E-state index in [1.165, 1.54) is 5.56 Å². The zero-order valence-corrected chi connectivity index (χ0v) is 17.2. The number of nitrogens with zero attached hydrogens (tertiary/aromatic N) is 1. The molecule has 6 heteroatoms. The van der Waals surface area contributed by atoms with Gasteiger partial charge in [0, 0.05) is 31.9 Å². The van der Waals surface area contributed by atoms with Crippen molar-refractivity contribution >= 4 is 17.5 Å². The monoisotopic (exact) mass is 375 g/mol. The number of rotatable bonds is 6. The highest BCUT2D eigenvalue weighted by Gasteiger charge is 2.36. The third-order valence-electron chi connectivity index (χ3n) is 4.96. The average Bonchev–Trinajstić information content (AvgIpc) is 2.62. The standard InChI is InChI=1S/C21H33N3O3/c1-20(2,3)16-6-8-17(9-7-16)23-19(26)21(4,5)18(25)22-10-11-24-12-14-27-15-13-24/h6-9H,10-15H2,1-5H3,(H,22,25)(H,23,26). The molecule has 150 valence electrons. The molecule has 1 saturated heterocycles. The summed E-state index contributed by atoms with van der Waals surface area (Å²) in [5.41, 5.74) is 0.804. The van der Waals surface area contributed by atoms with Crippen LogP contribution < -0.4 is 10.6 Å². The Balaban J connectivity index is 1.86. The van der Waals surface area contributed by atoms with Gasteiger partial charge in [0.05, 0.1) is 13.2 Å². The molecule has 1 heterocycles. The van der Waals surface area contributed by atoms with Gasteiger partial charge in [0.25, 0.3) is 0 Å². The van der Waals surface area contributed by atoms with Crippen LogP contribution in [0.5, 0.6) is 0 Å². The normalized spacial score (nSPS) is 16.0. The third-order valence-corrected chi connectivity index (χ3v) is 4.96. The van der Waals surface area contributed by atoms with Gasteiger partial charge >= 0.3 is 0 Å². The fourth-order valence-electron chi connectivity index (χ4n) is 2.82. The van der Waals surface area contributed by atoms with Crippen LogP contribution in [-0.2, 0) is 19.7 Å². The third kappa shape index (κ3) is 6.04. The molecule has 1 aliphatic rings. The Bertz CT molecular complexity index is 642. The van der Waals surface area contributed by atoms with Gasteiger partial charge in [-0.2, -0.15) is 0 Å². The number of benzene rings is 1. The molecular formula is C21H33N3O3. The Kier molecular flexibility index (Phi) is 7.00. The molecule has 0 saturated carbocycles. The lowest BCUT2D eigenvalue weighted by Gasteiger charge is -2.28. The van der Waals surface area contributed by atoms with Crippen LogP contribution in [0.1, 0.15) is 40.2 Å². The molecule has 0 atom stereocenters. The number of amides is 2. The minimum Gasteiger partial charge on any atom is -0.379 e. The van der Waals surface area contributed by atoms with Gasteiger partial charge in [-0.3, -0.25) is 14.5 Å². The minimum atomic E-state index is -1.15. The van der Waals surface area contributed by atoms with Crippen molar-refractivity contribution in [1.82, 2.24) is 10.2 Å². The van der Waals surface area contributed by atoms with Gasteiger partial charge in [0.1, 0.15) is 5.41 Å². The first-order chi connectivity index (χ1) is 12.6. The summed E-state index contributed by atoms with van der Waals surface area (Å²) in [7, 11) is 0. The summed E-state index contributed by atoms with van der Waals surface area (Å²) in [6.45, 7) is 14.2. The molecule has 1 aliphatic heterocycles. The lowest BCUT2D eigenvalue weighted by molar-refractivity contribution is -0.138. The Morgan fingerprint density at radius 3 is 2.15 bits per heavy atom. The molecule has 0 aromatic heterocycles. The number of carbonyl (C=O) groups is 2. The van der Waals surface area contributed by atoms with Crippen LogP contribution in [0.15, 0.2) is 24.3 Å². The zero-order chi connectivity index (χ0) is 20.1. The van der Waals surface area contributed by atoms with Crippen molar-refractivity contribution < 1.29 is 14.3 Å². The molecule has 0 radical (unpaired) electrons. The van der Waals surface area contributed by atoms with Gasteiger partial charge in [-0.1, -0.05) is 32.9 Å². The van der Waals surface area contributed by atoms with E-state index < -0.39 is 5.41 Å². The van der Waals surface area contributed by atoms with Crippen molar-refractivity contribution in [3.8, 4) is 0 Å². The van der Waals surface area contributed by atoms with E-state index in [4.69, 9.17) is 4.74 Å². The van der Waals surface area contributed by atoms with E-state index in [0.29, 0.717) is 12.2 Å². The van der Waals surface area contributed by atoms with Crippen LogP contribution in [0.4, 0.5) is 5.69 Å². The molecule has 1 fully saturated rings. The highest BCUT2D eigenvalue weighted by Crippen LogP contribution is 2.24. The second kappa shape index (κ2) is 8.85. The van der Waals surface area contributed by atoms with Crippen molar-refractivity contribution in [1.29, 1.82) is 0 Å². The smallest absolute Gasteiger partial charge is 0.239 e. The Hall–Kier alpha value is -1.92. The summed E-state index contributed by atoms with van der Waals surface area (Å²) in [5, 5.41) is 5.74. The topological polar surface area (TPSA) is 70.7 Å². The summed E-state index contributed by atoms with van der Waals surface area (Å²) in [6, 6.07) is 7.77. The van der Waals surface area contributed by atoms with Gasteiger partial charge in [-0.15, -0.1) is 0 Å². The molecule has 1 aromatic carbocycles. The Morgan fingerprint density at radius 2 is 1.59 bits per heavy atom. The number of hydrogen-bond donors (Lipinski definition) is 2. The van der Waals surface area contributed by atoms with Gasteiger partial charge in [0.2, 0.25) is 11.8 Å². The predicted octanol–water partition coefficient (Wildman–Crippen LogP) is 2.40. The Morgan fingerprint density at radius 1 is 1.00 bits per heavy atom. The maximum atomic E-state index is 12.6. The SMILES string of the molecule is CC(C)(C(=O)NCCN1CCOCC1)C(=O)Nc1ccc(C(C)(C)C)cc1. The quantitative estimate of drug-likeness (QED) is 0.749. The molecular weight excluding hydrogens is 342 g/mol. The van der Waals surface area contributed by atoms with Crippen molar-refractivity contribution in [2.24, 2.45) is 5.41 Å². The second-order valence-electron chi connectivity index (χ2n) is 8.62. The number of morpholine rings is 1. The van der Waals surface area contributed by atoms with E-state index in [1.807, 2.05) is 24.3 Å². The summed E-state index contributed by atoms with van der Waals surface area (Å²) in [5.74, 6) is -0.575. The van der Waals surface area contributed by atoms with E-state index >= 15 is 0 Å². The van der Waals surface area contributed by atoms with Crippen LogP contribution in [0.3, 0.4) is 0 Å². The van der Waals surface area contributed by atoms with E-state index in [9.17, 15) is 9.59 Å². The predicted molar refractivity (Wildman–Crippen MR) is 108 cm³/mol. The zero-order valence-electron chi connectivity index (χ0n) is 17.2. The van der Waals surface area contributed by atoms with E-state index in [0.717, 1.165) is 32.8 Å². The largest absolute Gasteiger partial charge is 0.379 e. The molecule has 6 nitrogen and oxygen atoms in total. The summed E-state index contributed by atoms with van der Waals surface area (Å²) in [6.07, 6.45) is 0. The number of ether oxygens (including phenoxy) is 1. The van der Waals surface area contributed by atoms with Crippen LogP contribution in [0, 0.1) is 5.41 Å². The second-order valence-corrected chi connectivity index (χ2v) is 8.62. The van der Waals surface area contributed by atoms with Crippen LogP contribution in [-0.4, -0.2) is 56.1 Å². The van der Waals surface area contributed by atoms with Gasteiger partial charge < -0.3 is 15.4 Å². The van der Waals surface area contributed by atoms with Gasteiger partial charge in [-0.05, 0) is 37.0 Å². The molecule has 0 unspecified atom stereocenters. The van der Waals surface area contributed by atoms with Crippen molar-refractivity contribution in [2.75, 3.05) is 44.7 Å². The summed E-state index contributed by atoms with van der Waals surface area (Å²) < 4.78 is 5.31. The molecule has 0 bridgehead atoms. The molecule has 2 amide bonds. The molecule has 2 rings (SSSR count). The fraction of sp³-hybridized carbons (Fsp3) is 0.619. The Labute approximate surface area is 162 Å². The maximum absolute atomic E-state index is 12.6. The maximum Gasteiger partial charge on any atom is 0.239 e. The molecule has 0 aliphatic carbocycles. The summed E-state index contributed by atoms with van der Waals surface area (Å²) in [4.78, 5) is 27.4. The molecule has 1 aromatic rings. The number of carbonyl (C=O) groups excluding carboxylic acids is 2. The molecule has 27 heavy (non-hydrogen) atoms. The summed E-state index contributed by atoms with van der Waals surface area (Å²) >= 11 is 0. The average molecular weight is 376 g/mol. The highest BCUT2D eigenvalue weighted by molar-refractivity contribution is 6.09. The first kappa shape index (κ1) is 21.4. The minimum absolute atomic E-state index is 0.0577. The number of anilines is 1. The van der Waals surface area contributed by atoms with E-state index in [-0.39, 0.29) is 17.2 Å². The lowest BCUT2D eigenvalue weighted by atomic mass is 9.87. The van der Waals surface area contributed by atoms with Crippen LogP contribution in [0.25, 0.3) is 0 Å². The lowest BCUT2D eigenvalue weighted by Crippen LogP contribution is -2.48.